The molecule has 0 heterocycles. The molecule has 0 radical (unpaired) electrons. The maximum atomic E-state index is 8.62. The number of methoxy groups -OCH3 is 1. The van der Waals surface area contributed by atoms with Crippen LogP contribution >= 0.6 is 0 Å². The Kier molecular flexibility index (Phi) is 4.09. The van der Waals surface area contributed by atoms with Crippen molar-refractivity contribution in [1.82, 2.24) is 0 Å². The normalized spacial score (nSPS) is 10.9. The van der Waals surface area contributed by atoms with Gasteiger partial charge in [0.15, 0.2) is 0 Å². The predicted molar refractivity (Wildman–Crippen MR) is 55.5 cm³/mol. The molecule has 0 bridgehead atoms. The maximum absolute atomic E-state index is 8.62. The van der Waals surface area contributed by atoms with E-state index >= 15 is 0 Å². The maximum Gasteiger partial charge on any atom is 0.128 e. The van der Waals surface area contributed by atoms with Crippen LogP contribution in [0.1, 0.15) is 11.7 Å². The standard InChI is InChI=1S/C12H10N2O/c1-15-12(7-10(8-13)9-14)11-5-3-2-4-6-11/h2-7,12H,1H3/t12-/m0/s1. The summed E-state index contributed by atoms with van der Waals surface area (Å²) in [4.78, 5) is 0. The lowest BCUT2D eigenvalue weighted by atomic mass is 10.1. The second-order valence-electron chi connectivity index (χ2n) is 2.87. The molecule has 0 spiro atoms. The Morgan fingerprint density at radius 3 is 2.33 bits per heavy atom. The van der Waals surface area contributed by atoms with E-state index in [0.717, 1.165) is 5.56 Å². The molecule has 0 aliphatic carbocycles. The average Bonchev–Trinajstić information content (AvgIpc) is 2.32. The Morgan fingerprint density at radius 2 is 1.87 bits per heavy atom. The summed E-state index contributed by atoms with van der Waals surface area (Å²) < 4.78 is 5.19. The Labute approximate surface area is 88.8 Å². The topological polar surface area (TPSA) is 56.8 Å². The summed E-state index contributed by atoms with van der Waals surface area (Å²) in [6.07, 6.45) is 1.16. The molecule has 1 aromatic carbocycles. The molecule has 0 fully saturated rings. The Bertz CT molecular complexity index is 407. The van der Waals surface area contributed by atoms with E-state index in [1.54, 1.807) is 19.2 Å². The lowest BCUT2D eigenvalue weighted by Gasteiger charge is -2.10. The number of nitrogens with zero attached hydrogens (tertiary/aromatic N) is 2. The van der Waals surface area contributed by atoms with Crippen molar-refractivity contribution >= 4 is 0 Å². The van der Waals surface area contributed by atoms with Crippen molar-refractivity contribution < 1.29 is 4.74 Å². The van der Waals surface area contributed by atoms with E-state index in [-0.39, 0.29) is 11.7 Å². The molecule has 0 saturated heterocycles. The molecule has 1 atom stereocenters. The van der Waals surface area contributed by atoms with Crippen LogP contribution in [0.3, 0.4) is 0 Å². The average molecular weight is 198 g/mol. The SMILES string of the molecule is CO[C@@H](C=C(C#N)C#N)c1ccccc1. The summed E-state index contributed by atoms with van der Waals surface area (Å²) in [5.41, 5.74) is 0.980. The van der Waals surface area contributed by atoms with E-state index in [9.17, 15) is 0 Å². The fourth-order valence-electron chi connectivity index (χ4n) is 1.19. The molecule has 3 nitrogen and oxygen atoms in total. The third kappa shape index (κ3) is 2.95. The van der Waals surface area contributed by atoms with Crippen LogP contribution in [-0.4, -0.2) is 7.11 Å². The molecular formula is C12H10N2O. The summed E-state index contributed by atoms with van der Waals surface area (Å²) in [5, 5.41) is 17.2. The van der Waals surface area contributed by atoms with Crippen molar-refractivity contribution in [1.29, 1.82) is 10.5 Å². The predicted octanol–water partition coefficient (Wildman–Crippen LogP) is 2.35. The number of hydrogen-bond acceptors (Lipinski definition) is 3. The minimum atomic E-state index is -0.347. The van der Waals surface area contributed by atoms with Crippen molar-refractivity contribution in [2.75, 3.05) is 7.11 Å². The van der Waals surface area contributed by atoms with E-state index in [1.807, 2.05) is 30.3 Å². The molecule has 15 heavy (non-hydrogen) atoms. The number of benzene rings is 1. The second kappa shape index (κ2) is 5.59. The Morgan fingerprint density at radius 1 is 1.27 bits per heavy atom. The van der Waals surface area contributed by atoms with Gasteiger partial charge in [0.2, 0.25) is 0 Å². The van der Waals surface area contributed by atoms with Gasteiger partial charge < -0.3 is 4.74 Å². The molecular weight excluding hydrogens is 188 g/mol. The molecule has 0 aromatic heterocycles. The van der Waals surface area contributed by atoms with Crippen LogP contribution in [0.4, 0.5) is 0 Å². The van der Waals surface area contributed by atoms with Gasteiger partial charge in [0, 0.05) is 7.11 Å². The molecule has 3 heteroatoms. The highest BCUT2D eigenvalue weighted by Gasteiger charge is 2.07. The number of nitriles is 2. The number of hydrogen-bond donors (Lipinski definition) is 0. The fourth-order valence-corrected chi connectivity index (χ4v) is 1.19. The summed E-state index contributed by atoms with van der Waals surface area (Å²) in [6.45, 7) is 0. The molecule has 1 rings (SSSR count). The van der Waals surface area contributed by atoms with Gasteiger partial charge in [-0.15, -0.1) is 0 Å². The lowest BCUT2D eigenvalue weighted by Crippen LogP contribution is -1.98. The van der Waals surface area contributed by atoms with Gasteiger partial charge in [-0.1, -0.05) is 30.3 Å². The van der Waals surface area contributed by atoms with Gasteiger partial charge >= 0.3 is 0 Å². The van der Waals surface area contributed by atoms with Gasteiger partial charge in [0.1, 0.15) is 23.8 Å². The van der Waals surface area contributed by atoms with Gasteiger partial charge in [-0.2, -0.15) is 10.5 Å². The zero-order valence-electron chi connectivity index (χ0n) is 8.34. The highest BCUT2D eigenvalue weighted by Crippen LogP contribution is 2.18. The van der Waals surface area contributed by atoms with E-state index in [0.29, 0.717) is 0 Å². The van der Waals surface area contributed by atoms with Gasteiger partial charge in [-0.25, -0.2) is 0 Å². The van der Waals surface area contributed by atoms with Crippen LogP contribution in [0.2, 0.25) is 0 Å². The Hall–Kier alpha value is -2.10. The van der Waals surface area contributed by atoms with E-state index in [2.05, 4.69) is 0 Å². The summed E-state index contributed by atoms with van der Waals surface area (Å²) >= 11 is 0. The molecule has 0 saturated carbocycles. The largest absolute Gasteiger partial charge is 0.373 e. The molecule has 0 aliphatic heterocycles. The smallest absolute Gasteiger partial charge is 0.128 e. The van der Waals surface area contributed by atoms with Gasteiger partial charge in [0.25, 0.3) is 0 Å². The van der Waals surface area contributed by atoms with Crippen molar-refractivity contribution in [3.8, 4) is 12.1 Å². The first-order chi connectivity index (χ1) is 7.31. The number of rotatable bonds is 3. The first-order valence-electron chi connectivity index (χ1n) is 4.41. The van der Waals surface area contributed by atoms with Crippen molar-refractivity contribution in [3.05, 3.63) is 47.5 Å². The molecule has 0 unspecified atom stereocenters. The van der Waals surface area contributed by atoms with E-state index in [4.69, 9.17) is 15.3 Å². The zero-order chi connectivity index (χ0) is 11.1. The molecule has 1 aromatic rings. The molecule has 0 amide bonds. The van der Waals surface area contributed by atoms with Crippen LogP contribution in [-0.2, 0) is 4.74 Å². The monoisotopic (exact) mass is 198 g/mol. The van der Waals surface area contributed by atoms with Crippen LogP contribution < -0.4 is 0 Å². The molecule has 74 valence electrons. The fraction of sp³-hybridized carbons (Fsp3) is 0.167. The first kappa shape index (κ1) is 11.0. The van der Waals surface area contributed by atoms with Crippen LogP contribution in [0.15, 0.2) is 42.0 Å². The van der Waals surface area contributed by atoms with Crippen LogP contribution in [0, 0.1) is 22.7 Å². The zero-order valence-corrected chi connectivity index (χ0v) is 8.34. The molecule has 0 N–H and O–H groups in total. The van der Waals surface area contributed by atoms with Crippen molar-refractivity contribution in [2.45, 2.75) is 6.10 Å². The summed E-state index contributed by atoms with van der Waals surface area (Å²) in [6, 6.07) is 13.0. The Balaban J connectivity index is 2.98. The number of allylic oxidation sites excluding steroid dienone is 1. The van der Waals surface area contributed by atoms with Crippen LogP contribution in [0.25, 0.3) is 0 Å². The number of ether oxygens (including phenoxy) is 1. The third-order valence-corrected chi connectivity index (χ3v) is 1.94. The lowest BCUT2D eigenvalue weighted by molar-refractivity contribution is 0.142. The minimum Gasteiger partial charge on any atom is -0.373 e. The van der Waals surface area contributed by atoms with Gasteiger partial charge in [0.05, 0.1) is 0 Å². The highest BCUT2D eigenvalue weighted by molar-refractivity contribution is 5.38. The summed E-state index contributed by atoms with van der Waals surface area (Å²) in [7, 11) is 1.54. The van der Waals surface area contributed by atoms with E-state index in [1.165, 1.54) is 6.08 Å². The second-order valence-corrected chi connectivity index (χ2v) is 2.87. The van der Waals surface area contributed by atoms with Crippen LogP contribution in [0.5, 0.6) is 0 Å². The quantitative estimate of drug-likeness (QED) is 0.700. The minimum absolute atomic E-state index is 0.0608. The summed E-state index contributed by atoms with van der Waals surface area (Å²) in [5.74, 6) is 0. The van der Waals surface area contributed by atoms with Crippen molar-refractivity contribution in [3.63, 3.8) is 0 Å². The van der Waals surface area contributed by atoms with E-state index < -0.39 is 0 Å². The van der Waals surface area contributed by atoms with Gasteiger partial charge in [-0.05, 0) is 11.6 Å². The first-order valence-corrected chi connectivity index (χ1v) is 4.41. The van der Waals surface area contributed by atoms with Gasteiger partial charge in [-0.3, -0.25) is 0 Å². The third-order valence-electron chi connectivity index (χ3n) is 1.94. The van der Waals surface area contributed by atoms with Crippen molar-refractivity contribution in [2.24, 2.45) is 0 Å². The molecule has 0 aliphatic rings. The highest BCUT2D eigenvalue weighted by atomic mass is 16.5.